The van der Waals surface area contributed by atoms with Crippen LogP contribution in [-0.4, -0.2) is 23.8 Å². The monoisotopic (exact) mass is 425 g/mol. The largest absolute Gasteiger partial charge is 0.497 e. The van der Waals surface area contributed by atoms with Gasteiger partial charge in [-0.3, -0.25) is 9.36 Å². The molecule has 6 heteroatoms. The predicted octanol–water partition coefficient (Wildman–Crippen LogP) is 4.88. The molecule has 3 aromatic rings. The van der Waals surface area contributed by atoms with E-state index in [4.69, 9.17) is 15.2 Å². The maximum Gasteiger partial charge on any atom is 0.254 e. The average molecular weight is 426 g/mol. The summed E-state index contributed by atoms with van der Waals surface area (Å²) < 4.78 is 12.0. The molecule has 0 fully saturated rings. The molecule has 6 nitrogen and oxygen atoms in total. The molecule has 2 N–H and O–H groups in total. The molecule has 2 aromatic carbocycles. The van der Waals surface area contributed by atoms with E-state index >= 15 is 0 Å². The van der Waals surface area contributed by atoms with Crippen molar-refractivity contribution in [3.8, 4) is 22.6 Å². The number of methoxy groups -OCH3 is 2. The van der Waals surface area contributed by atoms with Gasteiger partial charge >= 0.3 is 0 Å². The van der Waals surface area contributed by atoms with Crippen LogP contribution in [0.15, 0.2) is 53.3 Å². The molecule has 1 heterocycles. The van der Waals surface area contributed by atoms with Crippen molar-refractivity contribution in [1.82, 2.24) is 9.55 Å². The van der Waals surface area contributed by atoms with Crippen LogP contribution in [0.3, 0.4) is 0 Å². The number of benzene rings is 2. The number of nitrogen functional groups attached to an aromatic ring is 1. The van der Waals surface area contributed by atoms with E-state index in [-0.39, 0.29) is 11.5 Å². The second-order valence-electron chi connectivity index (χ2n) is 6.30. The van der Waals surface area contributed by atoms with E-state index in [1.807, 2.05) is 45.9 Å². The summed E-state index contributed by atoms with van der Waals surface area (Å²) in [6, 6.07) is 15.6. The molecule has 0 spiro atoms. The molecule has 0 amide bonds. The third kappa shape index (κ3) is 7.17. The number of hydrogen-bond donors (Lipinski definition) is 1. The van der Waals surface area contributed by atoms with Gasteiger partial charge < -0.3 is 15.2 Å². The quantitative estimate of drug-likeness (QED) is 0.609. The molecule has 3 rings (SSSR count). The summed E-state index contributed by atoms with van der Waals surface area (Å²) in [6.07, 6.45) is 1.44. The number of ether oxygens (including phenoxy) is 2. The summed E-state index contributed by atoms with van der Waals surface area (Å²) in [5.74, 6) is 1.74. The standard InChI is InChI=1S/C21H23N3O3.2C2H6/c1-24-20(25)12-17(23-21(24)22)9-6-14-4-7-15(8-5-14)16-10-18(26-2)13-19(11-16)27-3;2*1-2/h4-5,7-8,10-13H,6,9H2,1-3H3,(H2,22,23);2*1-2H3. The topological polar surface area (TPSA) is 79.4 Å². The lowest BCUT2D eigenvalue weighted by Crippen LogP contribution is -2.21. The van der Waals surface area contributed by atoms with Crippen LogP contribution in [0.2, 0.25) is 0 Å². The Hall–Kier alpha value is -3.28. The molecule has 0 aliphatic heterocycles. The van der Waals surface area contributed by atoms with Crippen LogP contribution in [0.4, 0.5) is 5.95 Å². The molecular weight excluding hydrogens is 390 g/mol. The van der Waals surface area contributed by atoms with Crippen molar-refractivity contribution in [1.29, 1.82) is 0 Å². The van der Waals surface area contributed by atoms with Crippen molar-refractivity contribution in [3.05, 3.63) is 70.1 Å². The fourth-order valence-electron chi connectivity index (χ4n) is 2.85. The molecule has 168 valence electrons. The van der Waals surface area contributed by atoms with E-state index in [9.17, 15) is 4.79 Å². The smallest absolute Gasteiger partial charge is 0.254 e. The van der Waals surface area contributed by atoms with E-state index < -0.39 is 0 Å². The second-order valence-corrected chi connectivity index (χ2v) is 6.30. The van der Waals surface area contributed by atoms with Gasteiger partial charge in [0.05, 0.1) is 19.9 Å². The van der Waals surface area contributed by atoms with Gasteiger partial charge in [-0.15, -0.1) is 0 Å². The van der Waals surface area contributed by atoms with Crippen molar-refractivity contribution in [3.63, 3.8) is 0 Å². The van der Waals surface area contributed by atoms with Crippen LogP contribution in [0.25, 0.3) is 11.1 Å². The summed E-state index contributed by atoms with van der Waals surface area (Å²) in [7, 11) is 4.89. The van der Waals surface area contributed by atoms with Gasteiger partial charge in [0.2, 0.25) is 5.95 Å². The zero-order valence-corrected chi connectivity index (χ0v) is 19.7. The minimum absolute atomic E-state index is 0.139. The Kier molecular flexibility index (Phi) is 10.9. The number of aromatic nitrogens is 2. The first kappa shape index (κ1) is 25.8. The van der Waals surface area contributed by atoms with E-state index in [0.717, 1.165) is 34.6 Å². The zero-order chi connectivity index (χ0) is 23.4. The maximum absolute atomic E-state index is 11.8. The summed E-state index contributed by atoms with van der Waals surface area (Å²) >= 11 is 0. The number of anilines is 1. The van der Waals surface area contributed by atoms with Gasteiger partial charge in [0.1, 0.15) is 11.5 Å². The Balaban J connectivity index is 0.00000113. The summed E-state index contributed by atoms with van der Waals surface area (Å²) in [5.41, 5.74) is 9.58. The van der Waals surface area contributed by atoms with Crippen molar-refractivity contribution in [2.75, 3.05) is 20.0 Å². The van der Waals surface area contributed by atoms with Crippen molar-refractivity contribution >= 4 is 5.95 Å². The average Bonchev–Trinajstić information content (AvgIpc) is 2.83. The Labute approximate surface area is 185 Å². The van der Waals surface area contributed by atoms with Crippen molar-refractivity contribution < 1.29 is 9.47 Å². The third-order valence-electron chi connectivity index (χ3n) is 4.53. The lowest BCUT2D eigenvalue weighted by atomic mass is 10.0. The molecule has 0 radical (unpaired) electrons. The van der Waals surface area contributed by atoms with E-state index in [0.29, 0.717) is 12.1 Å². The number of nitrogens with zero attached hydrogens (tertiary/aromatic N) is 2. The highest BCUT2D eigenvalue weighted by Crippen LogP contribution is 2.30. The molecular formula is C25H35N3O3. The summed E-state index contributed by atoms with van der Waals surface area (Å²) in [5, 5.41) is 0. The highest BCUT2D eigenvalue weighted by atomic mass is 16.5. The molecule has 0 saturated carbocycles. The fraction of sp³-hybridized carbons (Fsp3) is 0.360. The van der Waals surface area contributed by atoms with Gasteiger partial charge in [-0.2, -0.15) is 0 Å². The summed E-state index contributed by atoms with van der Waals surface area (Å²) in [6.45, 7) is 8.00. The van der Waals surface area contributed by atoms with E-state index in [1.54, 1.807) is 21.3 Å². The zero-order valence-electron chi connectivity index (χ0n) is 19.7. The lowest BCUT2D eigenvalue weighted by Gasteiger charge is -2.10. The highest BCUT2D eigenvalue weighted by molar-refractivity contribution is 5.67. The lowest BCUT2D eigenvalue weighted by molar-refractivity contribution is 0.394. The molecule has 31 heavy (non-hydrogen) atoms. The Morgan fingerprint density at radius 1 is 0.839 bits per heavy atom. The first-order valence-electron chi connectivity index (χ1n) is 10.6. The van der Waals surface area contributed by atoms with Crippen LogP contribution in [0.1, 0.15) is 39.0 Å². The van der Waals surface area contributed by atoms with Crippen LogP contribution in [-0.2, 0) is 19.9 Å². The highest BCUT2D eigenvalue weighted by Gasteiger charge is 2.06. The SMILES string of the molecule is CC.CC.COc1cc(OC)cc(-c2ccc(CCc3cc(=O)n(C)c(N)n3)cc2)c1. The molecule has 0 saturated heterocycles. The first-order chi connectivity index (χ1) is 15.0. The van der Waals surface area contributed by atoms with Gasteiger partial charge in [0.15, 0.2) is 0 Å². The molecule has 1 aromatic heterocycles. The minimum atomic E-state index is -0.139. The van der Waals surface area contributed by atoms with Gasteiger partial charge in [0, 0.05) is 19.2 Å². The number of nitrogens with two attached hydrogens (primary N) is 1. The molecule has 0 aliphatic carbocycles. The number of rotatable bonds is 6. The predicted molar refractivity (Wildman–Crippen MR) is 129 cm³/mol. The molecule has 0 unspecified atom stereocenters. The summed E-state index contributed by atoms with van der Waals surface area (Å²) in [4.78, 5) is 16.1. The molecule has 0 aliphatic rings. The van der Waals surface area contributed by atoms with Crippen molar-refractivity contribution in [2.45, 2.75) is 40.5 Å². The third-order valence-corrected chi connectivity index (χ3v) is 4.53. The van der Waals surface area contributed by atoms with E-state index in [1.165, 1.54) is 10.6 Å². The first-order valence-corrected chi connectivity index (χ1v) is 10.6. The van der Waals surface area contributed by atoms with Crippen LogP contribution in [0.5, 0.6) is 11.5 Å². The van der Waals surface area contributed by atoms with Crippen LogP contribution in [0, 0.1) is 0 Å². The normalized spacial score (nSPS) is 9.65. The maximum atomic E-state index is 11.8. The van der Waals surface area contributed by atoms with Crippen molar-refractivity contribution in [2.24, 2.45) is 7.05 Å². The molecule has 0 atom stereocenters. The number of aryl methyl sites for hydroxylation is 2. The van der Waals surface area contributed by atoms with Gasteiger partial charge in [0.25, 0.3) is 5.56 Å². The van der Waals surface area contributed by atoms with Gasteiger partial charge in [-0.05, 0) is 41.7 Å². The van der Waals surface area contributed by atoms with E-state index in [2.05, 4.69) is 29.2 Å². The molecule has 0 bridgehead atoms. The number of hydrogen-bond acceptors (Lipinski definition) is 5. The van der Waals surface area contributed by atoms with Crippen LogP contribution >= 0.6 is 0 Å². The Bertz CT molecular complexity index is 974. The fourth-order valence-corrected chi connectivity index (χ4v) is 2.85. The van der Waals surface area contributed by atoms with Crippen LogP contribution < -0.4 is 20.8 Å². The Morgan fingerprint density at radius 3 is 1.87 bits per heavy atom. The second kappa shape index (κ2) is 13.1. The van der Waals surface area contributed by atoms with Gasteiger partial charge in [-0.1, -0.05) is 52.0 Å². The Morgan fingerprint density at radius 2 is 1.39 bits per heavy atom. The van der Waals surface area contributed by atoms with Gasteiger partial charge in [-0.25, -0.2) is 4.98 Å². The minimum Gasteiger partial charge on any atom is -0.497 e.